The summed E-state index contributed by atoms with van der Waals surface area (Å²) >= 11 is 0. The number of phenols is 4. The zero-order chi connectivity index (χ0) is 39.3. The van der Waals surface area contributed by atoms with E-state index in [1.54, 1.807) is 0 Å². The molecular formula is C33H40O21. The highest BCUT2D eigenvalue weighted by atomic mass is 16.8. The van der Waals surface area contributed by atoms with Gasteiger partial charge in [0.1, 0.15) is 89.6 Å². The summed E-state index contributed by atoms with van der Waals surface area (Å²) in [5, 5.41) is 134. The first kappa shape index (κ1) is 39.8. The van der Waals surface area contributed by atoms with Gasteiger partial charge in [-0.25, -0.2) is 0 Å². The van der Waals surface area contributed by atoms with Crippen molar-refractivity contribution in [2.24, 2.45) is 0 Å². The minimum Gasteiger partial charge on any atom is -0.508 e. The van der Waals surface area contributed by atoms with Crippen LogP contribution in [-0.4, -0.2) is 172 Å². The molecule has 0 saturated carbocycles. The molecule has 0 spiro atoms. The van der Waals surface area contributed by atoms with Crippen molar-refractivity contribution in [1.82, 2.24) is 0 Å². The SMILES string of the molecule is CC1OC(Oc2c(-c3ccc(O)c(O)c3)oc3cc(O)cc(O)c3c2=O)C(O)C(O)C1OC1OC(COC2OC(CO)C(O)C(O)C2O)C(O)C(O)C1O. The normalized spacial score (nSPS) is 37.3. The van der Waals surface area contributed by atoms with Gasteiger partial charge in [0.15, 0.2) is 29.8 Å². The lowest BCUT2D eigenvalue weighted by molar-refractivity contribution is -0.357. The van der Waals surface area contributed by atoms with Crippen LogP contribution in [0.15, 0.2) is 39.5 Å². The molecule has 3 saturated heterocycles. The van der Waals surface area contributed by atoms with E-state index in [4.69, 9.17) is 32.8 Å². The summed E-state index contributed by atoms with van der Waals surface area (Å²) in [6.45, 7) is -0.0761. The van der Waals surface area contributed by atoms with Gasteiger partial charge < -0.3 is 99.2 Å². The lowest BCUT2D eigenvalue weighted by atomic mass is 9.97. The fraction of sp³-hybridized carbons (Fsp3) is 0.545. The van der Waals surface area contributed by atoms with Crippen LogP contribution in [-0.2, 0) is 23.7 Å². The molecule has 3 aromatic rings. The van der Waals surface area contributed by atoms with Gasteiger partial charge in [0.05, 0.1) is 19.3 Å². The molecule has 3 aliphatic rings. The van der Waals surface area contributed by atoms with Crippen LogP contribution >= 0.6 is 0 Å². The average molecular weight is 773 g/mol. The first-order valence-electron chi connectivity index (χ1n) is 16.5. The van der Waals surface area contributed by atoms with Gasteiger partial charge in [-0.3, -0.25) is 4.79 Å². The Hall–Kier alpha value is -3.91. The highest BCUT2D eigenvalue weighted by Crippen LogP contribution is 2.40. The van der Waals surface area contributed by atoms with Crippen LogP contribution in [0.2, 0.25) is 0 Å². The van der Waals surface area contributed by atoms with Crippen LogP contribution < -0.4 is 10.2 Å². The van der Waals surface area contributed by atoms with Crippen molar-refractivity contribution < 1.29 is 99.2 Å². The molecular weight excluding hydrogens is 732 g/mol. The molecule has 15 atom stereocenters. The number of hydrogen-bond acceptors (Lipinski definition) is 21. The van der Waals surface area contributed by atoms with Crippen LogP contribution in [0.1, 0.15) is 6.92 Å². The van der Waals surface area contributed by atoms with Crippen molar-refractivity contribution in [3.8, 4) is 40.1 Å². The molecule has 6 rings (SSSR count). The molecule has 0 aliphatic carbocycles. The third-order valence-corrected chi connectivity index (χ3v) is 9.40. The second-order valence-electron chi connectivity index (χ2n) is 13.1. The van der Waals surface area contributed by atoms with Gasteiger partial charge in [0.25, 0.3) is 0 Å². The molecule has 2 aromatic carbocycles. The van der Waals surface area contributed by atoms with Crippen LogP contribution in [0.5, 0.6) is 28.7 Å². The summed E-state index contributed by atoms with van der Waals surface area (Å²) in [4.78, 5) is 13.7. The third-order valence-electron chi connectivity index (χ3n) is 9.40. The van der Waals surface area contributed by atoms with Gasteiger partial charge in [0.2, 0.25) is 17.5 Å². The number of fused-ring (bicyclic) bond motifs is 1. The largest absolute Gasteiger partial charge is 0.508 e. The van der Waals surface area contributed by atoms with Gasteiger partial charge in [0, 0.05) is 17.7 Å². The van der Waals surface area contributed by atoms with Crippen molar-refractivity contribution in [3.05, 3.63) is 40.6 Å². The maximum atomic E-state index is 13.7. The van der Waals surface area contributed by atoms with Gasteiger partial charge in [-0.2, -0.15) is 0 Å². The Kier molecular flexibility index (Phi) is 11.5. The number of hydrogen-bond donors (Lipinski definition) is 13. The molecule has 13 N–H and O–H groups in total. The maximum absolute atomic E-state index is 13.7. The van der Waals surface area contributed by atoms with E-state index in [0.29, 0.717) is 0 Å². The number of ether oxygens (including phenoxy) is 6. The predicted molar refractivity (Wildman–Crippen MR) is 173 cm³/mol. The van der Waals surface area contributed by atoms with E-state index < -0.39 is 151 Å². The van der Waals surface area contributed by atoms with Crippen molar-refractivity contribution >= 4 is 11.0 Å². The van der Waals surface area contributed by atoms with E-state index in [-0.39, 0.29) is 11.1 Å². The van der Waals surface area contributed by atoms with E-state index in [2.05, 4.69) is 0 Å². The van der Waals surface area contributed by atoms with Crippen molar-refractivity contribution in [3.63, 3.8) is 0 Å². The van der Waals surface area contributed by atoms with Crippen LogP contribution in [0.25, 0.3) is 22.3 Å². The summed E-state index contributed by atoms with van der Waals surface area (Å²) in [5.74, 6) is -3.41. The molecule has 15 unspecified atom stereocenters. The van der Waals surface area contributed by atoms with E-state index in [1.165, 1.54) is 13.0 Å². The summed E-state index contributed by atoms with van der Waals surface area (Å²) < 4.78 is 39.3. The summed E-state index contributed by atoms with van der Waals surface area (Å²) in [7, 11) is 0. The molecule has 54 heavy (non-hydrogen) atoms. The standard InChI is InChI=1S/C33H40O21/c1-9-28(53-33-26(46)23(43)20(40)17(52-33)8-48-31-25(45)22(42)19(39)16(7-34)51-31)24(44)27(47)32(49-9)54-30-21(41)18-14(38)5-11(35)6-15(18)50-29(30)10-2-3-12(36)13(37)4-10/h2-6,9,16-17,19-20,22-28,31-40,42-47H,7-8H2,1H3. The summed E-state index contributed by atoms with van der Waals surface area (Å²) in [6, 6.07) is 5.20. The van der Waals surface area contributed by atoms with E-state index >= 15 is 0 Å². The molecule has 0 bridgehead atoms. The van der Waals surface area contributed by atoms with Gasteiger partial charge >= 0.3 is 0 Å². The molecule has 3 aliphatic heterocycles. The smallest absolute Gasteiger partial charge is 0.239 e. The fourth-order valence-electron chi connectivity index (χ4n) is 6.35. The summed E-state index contributed by atoms with van der Waals surface area (Å²) in [6.07, 6.45) is -25.9. The quantitative estimate of drug-likeness (QED) is 0.0925. The van der Waals surface area contributed by atoms with Crippen LogP contribution in [0.4, 0.5) is 0 Å². The molecule has 298 valence electrons. The Bertz CT molecular complexity index is 1850. The Labute approximate surface area is 303 Å². The number of aromatic hydroxyl groups is 4. The number of rotatable bonds is 9. The molecule has 21 heteroatoms. The molecule has 1 aromatic heterocycles. The zero-order valence-corrected chi connectivity index (χ0v) is 28.0. The maximum Gasteiger partial charge on any atom is 0.239 e. The van der Waals surface area contributed by atoms with Crippen LogP contribution in [0.3, 0.4) is 0 Å². The van der Waals surface area contributed by atoms with E-state index in [0.717, 1.165) is 24.3 Å². The predicted octanol–water partition coefficient (Wildman–Crippen LogP) is -3.86. The Morgan fingerprint density at radius 2 is 1.30 bits per heavy atom. The van der Waals surface area contributed by atoms with E-state index in [9.17, 15) is 71.2 Å². The second-order valence-corrected chi connectivity index (χ2v) is 13.1. The number of aliphatic hydroxyl groups excluding tert-OH is 9. The van der Waals surface area contributed by atoms with Gasteiger partial charge in [-0.05, 0) is 25.1 Å². The first-order valence-corrected chi connectivity index (χ1v) is 16.5. The highest BCUT2D eigenvalue weighted by molar-refractivity contribution is 5.88. The first-order chi connectivity index (χ1) is 25.5. The number of aliphatic hydroxyl groups is 9. The number of benzene rings is 2. The molecule has 0 amide bonds. The lowest BCUT2D eigenvalue weighted by Crippen LogP contribution is -2.64. The fourth-order valence-corrected chi connectivity index (χ4v) is 6.35. The number of phenolic OH excluding ortho intramolecular Hbond substituents is 4. The van der Waals surface area contributed by atoms with Crippen LogP contribution in [0, 0.1) is 0 Å². The van der Waals surface area contributed by atoms with Crippen molar-refractivity contribution in [1.29, 1.82) is 0 Å². The Balaban J connectivity index is 1.20. The topological polar surface area (TPSA) is 349 Å². The molecule has 3 fully saturated rings. The lowest BCUT2D eigenvalue weighted by Gasteiger charge is -2.46. The third kappa shape index (κ3) is 7.39. The average Bonchev–Trinajstić information content (AvgIpc) is 3.13. The van der Waals surface area contributed by atoms with Gasteiger partial charge in [-0.15, -0.1) is 0 Å². The second kappa shape index (κ2) is 15.7. The van der Waals surface area contributed by atoms with E-state index in [1.807, 2.05) is 0 Å². The summed E-state index contributed by atoms with van der Waals surface area (Å²) in [5.41, 5.74) is -1.39. The molecule has 0 radical (unpaired) electrons. The Morgan fingerprint density at radius 1 is 0.667 bits per heavy atom. The highest BCUT2D eigenvalue weighted by Gasteiger charge is 2.51. The van der Waals surface area contributed by atoms with Gasteiger partial charge in [-0.1, -0.05) is 0 Å². The minimum absolute atomic E-state index is 0.0449. The minimum atomic E-state index is -2.03. The zero-order valence-electron chi connectivity index (χ0n) is 28.0. The Morgan fingerprint density at radius 3 is 1.96 bits per heavy atom. The molecule has 21 nitrogen and oxygen atoms in total. The van der Waals surface area contributed by atoms with Crippen molar-refractivity contribution in [2.45, 2.75) is 99.0 Å². The van der Waals surface area contributed by atoms with Crippen molar-refractivity contribution in [2.75, 3.05) is 13.2 Å². The molecule has 4 heterocycles. The monoisotopic (exact) mass is 772 g/mol.